The van der Waals surface area contributed by atoms with E-state index in [1.165, 1.54) is 11.8 Å². The molecule has 1 radical (unpaired) electrons. The maximum atomic E-state index is 4.46. The van der Waals surface area contributed by atoms with Crippen LogP contribution in [0.1, 0.15) is 6.42 Å². The number of rotatable bonds is 4. The minimum Gasteiger partial charge on any atom is -0.399 e. The predicted molar refractivity (Wildman–Crippen MR) is 36.8 cm³/mol. The molecule has 1 aromatic heterocycles. The number of oxime groups is 1. The van der Waals surface area contributed by atoms with Gasteiger partial charge in [-0.05, 0) is 10.4 Å². The van der Waals surface area contributed by atoms with E-state index in [4.69, 9.17) is 0 Å². The lowest BCUT2D eigenvalue weighted by atomic mass is 10.5. The normalized spacial score (nSPS) is 10.6. The van der Waals surface area contributed by atoms with Crippen molar-refractivity contribution in [3.8, 4) is 0 Å². The van der Waals surface area contributed by atoms with Gasteiger partial charge in [0.05, 0.1) is 6.54 Å². The highest BCUT2D eigenvalue weighted by atomic mass is 16.6. The zero-order valence-electron chi connectivity index (χ0n) is 6.14. The van der Waals surface area contributed by atoms with Crippen LogP contribution in [0, 0.1) is 6.33 Å². The molecule has 0 atom stereocenters. The van der Waals surface area contributed by atoms with Gasteiger partial charge in [-0.25, -0.2) is 4.68 Å². The van der Waals surface area contributed by atoms with Gasteiger partial charge in [-0.15, -0.1) is 5.10 Å². The van der Waals surface area contributed by atoms with Crippen LogP contribution in [-0.2, 0) is 11.4 Å². The quantitative estimate of drug-likeness (QED) is 0.433. The van der Waals surface area contributed by atoms with Crippen LogP contribution in [0.4, 0.5) is 0 Å². The Morgan fingerprint density at radius 1 is 1.73 bits per heavy atom. The second-order valence-corrected chi connectivity index (χ2v) is 1.76. The summed E-state index contributed by atoms with van der Waals surface area (Å²) in [5.74, 6) is 0. The lowest BCUT2D eigenvalue weighted by Gasteiger charge is -1.90. The molecule has 11 heavy (non-hydrogen) atoms. The topological polar surface area (TPSA) is 65.2 Å². The summed E-state index contributed by atoms with van der Waals surface area (Å²) in [5.41, 5.74) is 0. The monoisotopic (exact) mass is 154 g/mol. The van der Waals surface area contributed by atoms with Crippen molar-refractivity contribution >= 4 is 6.21 Å². The van der Waals surface area contributed by atoms with Crippen LogP contribution < -0.4 is 0 Å². The molecule has 0 saturated heterocycles. The minimum atomic E-state index is 0.667. The van der Waals surface area contributed by atoms with E-state index >= 15 is 0 Å². The molecule has 6 nitrogen and oxygen atoms in total. The average molecular weight is 154 g/mol. The molecule has 1 aromatic rings. The van der Waals surface area contributed by atoms with E-state index < -0.39 is 0 Å². The number of aryl methyl sites for hydroxylation is 1. The van der Waals surface area contributed by atoms with Crippen molar-refractivity contribution in [2.45, 2.75) is 13.0 Å². The summed E-state index contributed by atoms with van der Waals surface area (Å²) in [6.45, 7) is 0.667. The van der Waals surface area contributed by atoms with Crippen LogP contribution in [0.2, 0.25) is 0 Å². The third-order valence-corrected chi connectivity index (χ3v) is 1.00. The van der Waals surface area contributed by atoms with E-state index in [2.05, 4.69) is 31.8 Å². The standard InChI is InChI=1S/C5H8N5O/c1-11-7-3-2-4-10-5-6-8-9-10/h3H,2,4H2,1H3/b7-3+. The van der Waals surface area contributed by atoms with Crippen LogP contribution in [0.5, 0.6) is 0 Å². The maximum Gasteiger partial charge on any atom is 0.221 e. The molecule has 0 saturated carbocycles. The van der Waals surface area contributed by atoms with Crippen molar-refractivity contribution in [3.63, 3.8) is 0 Å². The van der Waals surface area contributed by atoms with Crippen molar-refractivity contribution < 1.29 is 4.84 Å². The van der Waals surface area contributed by atoms with Gasteiger partial charge >= 0.3 is 0 Å². The molecule has 0 aliphatic heterocycles. The molecule has 0 aromatic carbocycles. The Hall–Kier alpha value is -1.46. The molecule has 0 bridgehead atoms. The minimum absolute atomic E-state index is 0.667. The Balaban J connectivity index is 2.19. The number of nitrogens with zero attached hydrogens (tertiary/aromatic N) is 5. The molecule has 0 unspecified atom stereocenters. The Morgan fingerprint density at radius 2 is 2.64 bits per heavy atom. The van der Waals surface area contributed by atoms with E-state index in [0.717, 1.165) is 6.42 Å². The van der Waals surface area contributed by atoms with Crippen LogP contribution >= 0.6 is 0 Å². The van der Waals surface area contributed by atoms with Gasteiger partial charge in [-0.2, -0.15) is 0 Å². The summed E-state index contributed by atoms with van der Waals surface area (Å²) >= 11 is 0. The van der Waals surface area contributed by atoms with Crippen molar-refractivity contribution in [2.24, 2.45) is 5.16 Å². The van der Waals surface area contributed by atoms with Crippen molar-refractivity contribution in [3.05, 3.63) is 6.33 Å². The van der Waals surface area contributed by atoms with E-state index in [0.29, 0.717) is 6.54 Å². The molecule has 0 fully saturated rings. The number of hydrogen-bond acceptors (Lipinski definition) is 5. The summed E-state index contributed by atoms with van der Waals surface area (Å²) in [6.07, 6.45) is 4.94. The lowest BCUT2D eigenvalue weighted by Crippen LogP contribution is -1.99. The first kappa shape index (κ1) is 7.64. The van der Waals surface area contributed by atoms with Gasteiger partial charge in [0.25, 0.3) is 0 Å². The van der Waals surface area contributed by atoms with Gasteiger partial charge in [0.1, 0.15) is 7.11 Å². The summed E-state index contributed by atoms with van der Waals surface area (Å²) < 4.78 is 1.50. The molecule has 0 amide bonds. The number of hydrogen-bond donors (Lipinski definition) is 0. The first-order valence-corrected chi connectivity index (χ1v) is 3.12. The van der Waals surface area contributed by atoms with E-state index in [9.17, 15) is 0 Å². The molecule has 0 aliphatic rings. The smallest absolute Gasteiger partial charge is 0.221 e. The van der Waals surface area contributed by atoms with Gasteiger partial charge in [0, 0.05) is 12.6 Å². The van der Waals surface area contributed by atoms with Crippen molar-refractivity contribution in [1.82, 2.24) is 20.2 Å². The largest absolute Gasteiger partial charge is 0.399 e. The molecular formula is C5H8N5O. The highest BCUT2D eigenvalue weighted by molar-refractivity contribution is 5.55. The van der Waals surface area contributed by atoms with Crippen LogP contribution in [0.15, 0.2) is 5.16 Å². The van der Waals surface area contributed by atoms with Gasteiger partial charge in [-0.1, -0.05) is 5.16 Å². The molecular weight excluding hydrogens is 146 g/mol. The fourth-order valence-electron chi connectivity index (χ4n) is 0.562. The fourth-order valence-corrected chi connectivity index (χ4v) is 0.562. The third-order valence-electron chi connectivity index (χ3n) is 1.00. The number of aromatic nitrogens is 4. The summed E-state index contributed by atoms with van der Waals surface area (Å²) in [5, 5.41) is 13.9. The maximum absolute atomic E-state index is 4.46. The van der Waals surface area contributed by atoms with Crippen LogP contribution in [-0.4, -0.2) is 33.5 Å². The van der Waals surface area contributed by atoms with Gasteiger partial charge < -0.3 is 4.84 Å². The van der Waals surface area contributed by atoms with Crippen LogP contribution in [0.3, 0.4) is 0 Å². The van der Waals surface area contributed by atoms with E-state index in [1.807, 2.05) is 0 Å². The van der Waals surface area contributed by atoms with Crippen molar-refractivity contribution in [2.75, 3.05) is 7.11 Å². The Labute approximate surface area is 63.8 Å². The number of tetrazole rings is 1. The first-order chi connectivity index (χ1) is 5.43. The molecule has 1 rings (SSSR count). The van der Waals surface area contributed by atoms with Gasteiger partial charge in [0.15, 0.2) is 0 Å². The Morgan fingerprint density at radius 3 is 3.27 bits per heavy atom. The Kier molecular flexibility index (Phi) is 3.04. The molecule has 6 heteroatoms. The third kappa shape index (κ3) is 2.74. The van der Waals surface area contributed by atoms with Gasteiger partial charge in [0.2, 0.25) is 6.33 Å². The van der Waals surface area contributed by atoms with E-state index in [-0.39, 0.29) is 0 Å². The Bertz CT molecular complexity index is 207. The summed E-state index contributed by atoms with van der Waals surface area (Å²) in [6, 6.07) is 0. The second kappa shape index (κ2) is 4.37. The van der Waals surface area contributed by atoms with E-state index in [1.54, 1.807) is 6.21 Å². The molecule has 0 spiro atoms. The van der Waals surface area contributed by atoms with Crippen LogP contribution in [0.25, 0.3) is 0 Å². The first-order valence-electron chi connectivity index (χ1n) is 3.12. The van der Waals surface area contributed by atoms with Gasteiger partial charge in [-0.3, -0.25) is 0 Å². The molecule has 1 heterocycles. The summed E-state index contributed by atoms with van der Waals surface area (Å²) in [4.78, 5) is 4.46. The van der Waals surface area contributed by atoms with Crippen molar-refractivity contribution in [1.29, 1.82) is 0 Å². The SMILES string of the molecule is CO/N=C/CCn1[c]nnn1. The zero-order valence-corrected chi connectivity index (χ0v) is 6.14. The highest BCUT2D eigenvalue weighted by Crippen LogP contribution is 1.81. The lowest BCUT2D eigenvalue weighted by molar-refractivity contribution is 0.214. The highest BCUT2D eigenvalue weighted by Gasteiger charge is 1.89. The molecule has 59 valence electrons. The predicted octanol–water partition coefficient (Wildman–Crippen LogP) is -0.504. The fraction of sp³-hybridized carbons (Fsp3) is 0.600. The average Bonchev–Trinajstić information content (AvgIpc) is 2.50. The zero-order chi connectivity index (χ0) is 7.94. The molecule has 0 N–H and O–H groups in total. The second-order valence-electron chi connectivity index (χ2n) is 1.76. The summed E-state index contributed by atoms with van der Waals surface area (Å²) in [7, 11) is 1.50. The molecule has 0 aliphatic carbocycles.